The molecule has 2 aromatic carbocycles. The van der Waals surface area contributed by atoms with Crippen LogP contribution in [-0.4, -0.2) is 6.54 Å². The Morgan fingerprint density at radius 1 is 0.895 bits per heavy atom. The Morgan fingerprint density at radius 2 is 1.47 bits per heavy atom. The van der Waals surface area contributed by atoms with Crippen molar-refractivity contribution in [1.82, 2.24) is 5.32 Å². The molecule has 0 aliphatic heterocycles. The lowest BCUT2D eigenvalue weighted by Crippen LogP contribution is -2.17. The first-order valence-corrected chi connectivity index (χ1v) is 7.02. The molecule has 1 N–H and O–H groups in total. The van der Waals surface area contributed by atoms with E-state index in [4.69, 9.17) is 0 Å². The highest BCUT2D eigenvalue weighted by molar-refractivity contribution is 5.65. The maximum Gasteiger partial charge on any atom is 0.0291 e. The molecule has 19 heavy (non-hydrogen) atoms. The van der Waals surface area contributed by atoms with Crippen molar-refractivity contribution in [2.45, 2.75) is 33.7 Å². The molecule has 0 saturated heterocycles. The lowest BCUT2D eigenvalue weighted by Gasteiger charge is -2.13. The van der Waals surface area contributed by atoms with Crippen LogP contribution >= 0.6 is 0 Å². The molecule has 1 unspecified atom stereocenters. The van der Waals surface area contributed by atoms with E-state index in [2.05, 4.69) is 75.5 Å². The van der Waals surface area contributed by atoms with E-state index < -0.39 is 0 Å². The second-order valence-corrected chi connectivity index (χ2v) is 5.28. The molecule has 2 rings (SSSR count). The molecule has 0 bridgehead atoms. The van der Waals surface area contributed by atoms with Gasteiger partial charge in [0.1, 0.15) is 0 Å². The van der Waals surface area contributed by atoms with Crippen molar-refractivity contribution >= 4 is 0 Å². The summed E-state index contributed by atoms with van der Waals surface area (Å²) >= 11 is 0. The third kappa shape index (κ3) is 3.45. The van der Waals surface area contributed by atoms with Gasteiger partial charge in [-0.2, -0.15) is 0 Å². The van der Waals surface area contributed by atoms with E-state index in [9.17, 15) is 0 Å². The first kappa shape index (κ1) is 13.8. The second kappa shape index (κ2) is 6.03. The van der Waals surface area contributed by atoms with Crippen molar-refractivity contribution in [2.24, 2.45) is 0 Å². The van der Waals surface area contributed by atoms with Crippen LogP contribution in [0.5, 0.6) is 0 Å². The minimum Gasteiger partial charge on any atom is -0.310 e. The van der Waals surface area contributed by atoms with Gasteiger partial charge in [0.05, 0.1) is 0 Å². The molecule has 0 amide bonds. The van der Waals surface area contributed by atoms with Crippen molar-refractivity contribution in [3.8, 4) is 11.1 Å². The minimum absolute atomic E-state index is 0.415. The van der Waals surface area contributed by atoms with E-state index in [1.165, 1.54) is 27.8 Å². The van der Waals surface area contributed by atoms with Crippen LogP contribution < -0.4 is 5.32 Å². The molecule has 0 spiro atoms. The van der Waals surface area contributed by atoms with Gasteiger partial charge < -0.3 is 5.32 Å². The summed E-state index contributed by atoms with van der Waals surface area (Å²) in [7, 11) is 0. The van der Waals surface area contributed by atoms with Gasteiger partial charge in [0.2, 0.25) is 0 Å². The molecular formula is C18H23N. The molecule has 0 radical (unpaired) electrons. The summed E-state index contributed by atoms with van der Waals surface area (Å²) in [4.78, 5) is 0. The monoisotopic (exact) mass is 253 g/mol. The van der Waals surface area contributed by atoms with E-state index in [0.717, 1.165) is 6.54 Å². The summed E-state index contributed by atoms with van der Waals surface area (Å²) < 4.78 is 0. The topological polar surface area (TPSA) is 12.0 Å². The third-order valence-corrected chi connectivity index (χ3v) is 3.48. The lowest BCUT2D eigenvalue weighted by atomic mass is 9.98. The predicted molar refractivity (Wildman–Crippen MR) is 83.4 cm³/mol. The average Bonchev–Trinajstić information content (AvgIpc) is 2.38. The molecule has 0 aliphatic carbocycles. The van der Waals surface area contributed by atoms with Crippen molar-refractivity contribution < 1.29 is 0 Å². The summed E-state index contributed by atoms with van der Waals surface area (Å²) in [5.74, 6) is 0. The van der Waals surface area contributed by atoms with E-state index in [1.54, 1.807) is 0 Å². The number of nitrogens with one attached hydrogen (secondary N) is 1. The number of benzene rings is 2. The minimum atomic E-state index is 0.415. The Labute approximate surface area is 116 Å². The maximum absolute atomic E-state index is 3.44. The van der Waals surface area contributed by atoms with Crippen molar-refractivity contribution in [3.63, 3.8) is 0 Å². The molecule has 0 heterocycles. The Bertz CT molecular complexity index is 520. The molecule has 0 aromatic heterocycles. The van der Waals surface area contributed by atoms with Crippen LogP contribution in [0.25, 0.3) is 11.1 Å². The van der Waals surface area contributed by atoms with Crippen LogP contribution in [0, 0.1) is 13.8 Å². The van der Waals surface area contributed by atoms with Gasteiger partial charge in [-0.25, -0.2) is 0 Å². The summed E-state index contributed by atoms with van der Waals surface area (Å²) in [6, 6.07) is 16.0. The maximum atomic E-state index is 3.44. The molecule has 0 aliphatic rings. The molecule has 1 heteroatoms. The molecular weight excluding hydrogens is 230 g/mol. The van der Waals surface area contributed by atoms with Gasteiger partial charge >= 0.3 is 0 Å². The quantitative estimate of drug-likeness (QED) is 0.837. The molecule has 100 valence electrons. The van der Waals surface area contributed by atoms with Crippen LogP contribution in [0.4, 0.5) is 0 Å². The molecule has 0 fully saturated rings. The van der Waals surface area contributed by atoms with Crippen molar-refractivity contribution in [3.05, 3.63) is 59.2 Å². The highest BCUT2D eigenvalue weighted by Crippen LogP contribution is 2.24. The Hall–Kier alpha value is -1.60. The largest absolute Gasteiger partial charge is 0.310 e. The second-order valence-electron chi connectivity index (χ2n) is 5.28. The summed E-state index contributed by atoms with van der Waals surface area (Å²) in [6.45, 7) is 9.64. The SMILES string of the molecule is CCNC(C)c1ccc(-c2cc(C)cc(C)c2)cc1. The van der Waals surface area contributed by atoms with E-state index in [1.807, 2.05) is 0 Å². The van der Waals surface area contributed by atoms with Gasteiger partial charge in [0, 0.05) is 6.04 Å². The van der Waals surface area contributed by atoms with Gasteiger partial charge in [0.25, 0.3) is 0 Å². The van der Waals surface area contributed by atoms with Gasteiger partial charge in [0.15, 0.2) is 0 Å². The Kier molecular flexibility index (Phi) is 4.39. The zero-order valence-electron chi connectivity index (χ0n) is 12.3. The van der Waals surface area contributed by atoms with Gasteiger partial charge in [-0.05, 0) is 44.0 Å². The van der Waals surface area contributed by atoms with Gasteiger partial charge in [-0.15, -0.1) is 0 Å². The van der Waals surface area contributed by atoms with Crippen LogP contribution in [0.2, 0.25) is 0 Å². The zero-order chi connectivity index (χ0) is 13.8. The first-order chi connectivity index (χ1) is 9.10. The highest BCUT2D eigenvalue weighted by atomic mass is 14.9. The van der Waals surface area contributed by atoms with Gasteiger partial charge in [-0.3, -0.25) is 0 Å². The number of rotatable bonds is 4. The Morgan fingerprint density at radius 3 is 2.00 bits per heavy atom. The highest BCUT2D eigenvalue weighted by Gasteiger charge is 2.04. The normalized spacial score (nSPS) is 12.4. The predicted octanol–water partition coefficient (Wildman–Crippen LogP) is 4.64. The number of hydrogen-bond acceptors (Lipinski definition) is 1. The van der Waals surface area contributed by atoms with E-state index >= 15 is 0 Å². The third-order valence-electron chi connectivity index (χ3n) is 3.48. The number of aryl methyl sites for hydroxylation is 2. The standard InChI is InChI=1S/C18H23N/c1-5-19-15(4)16-6-8-17(9-7-16)18-11-13(2)10-14(3)12-18/h6-12,15,19H,5H2,1-4H3. The fraction of sp³-hybridized carbons (Fsp3) is 0.333. The zero-order valence-corrected chi connectivity index (χ0v) is 12.3. The van der Waals surface area contributed by atoms with Crippen molar-refractivity contribution in [2.75, 3.05) is 6.54 Å². The van der Waals surface area contributed by atoms with Crippen LogP contribution in [0.3, 0.4) is 0 Å². The summed E-state index contributed by atoms with van der Waals surface area (Å²) in [6.07, 6.45) is 0. The molecule has 0 saturated carbocycles. The number of hydrogen-bond donors (Lipinski definition) is 1. The fourth-order valence-corrected chi connectivity index (χ4v) is 2.53. The van der Waals surface area contributed by atoms with Crippen molar-refractivity contribution in [1.29, 1.82) is 0 Å². The molecule has 1 nitrogen and oxygen atoms in total. The Balaban J connectivity index is 2.27. The van der Waals surface area contributed by atoms with Crippen LogP contribution in [-0.2, 0) is 0 Å². The summed E-state index contributed by atoms with van der Waals surface area (Å²) in [5.41, 5.74) is 6.58. The van der Waals surface area contributed by atoms with E-state index in [0.29, 0.717) is 6.04 Å². The lowest BCUT2D eigenvalue weighted by molar-refractivity contribution is 0.598. The average molecular weight is 253 g/mol. The van der Waals surface area contributed by atoms with Gasteiger partial charge in [-0.1, -0.05) is 60.5 Å². The van der Waals surface area contributed by atoms with E-state index in [-0.39, 0.29) is 0 Å². The smallest absolute Gasteiger partial charge is 0.0291 e. The molecule has 1 atom stereocenters. The fourth-order valence-electron chi connectivity index (χ4n) is 2.53. The summed E-state index contributed by atoms with van der Waals surface area (Å²) in [5, 5.41) is 3.44. The first-order valence-electron chi connectivity index (χ1n) is 7.02. The molecule has 2 aromatic rings. The van der Waals surface area contributed by atoms with Crippen LogP contribution in [0.15, 0.2) is 42.5 Å². The van der Waals surface area contributed by atoms with Crippen LogP contribution in [0.1, 0.15) is 36.6 Å².